The zero-order valence-corrected chi connectivity index (χ0v) is 13.2. The minimum absolute atomic E-state index is 1.15. The topological polar surface area (TPSA) is 0 Å². The van der Waals surface area contributed by atoms with E-state index in [9.17, 15) is 0 Å². The highest BCUT2D eigenvalue weighted by atomic mass is 14.2. The predicted octanol–water partition coefficient (Wildman–Crippen LogP) is 6.05. The third kappa shape index (κ3) is 2.81. The van der Waals surface area contributed by atoms with Gasteiger partial charge < -0.3 is 0 Å². The van der Waals surface area contributed by atoms with Crippen molar-refractivity contribution in [2.24, 2.45) is 0 Å². The number of hydrogen-bond acceptors (Lipinski definition) is 0. The molecule has 0 heterocycles. The van der Waals surface area contributed by atoms with E-state index >= 15 is 0 Å². The summed E-state index contributed by atoms with van der Waals surface area (Å²) >= 11 is 0. The fraction of sp³-hybridized carbons (Fsp3) is 0.333. The van der Waals surface area contributed by atoms with Gasteiger partial charge in [-0.3, -0.25) is 0 Å². The molecule has 1 aliphatic rings. The van der Waals surface area contributed by atoms with Crippen LogP contribution in [0.2, 0.25) is 0 Å². The molecule has 0 amide bonds. The standard InChI is InChI=1S/C21H24/c1-3-8-16-14-19-13-12-17(9-4-2)21(20(19)15-16)18-10-6-5-7-11-18/h5-7,10-13,15H,3-4,8-9,14H2,1-2H3. The minimum Gasteiger partial charge on any atom is -0.0652 e. The molecule has 1 aliphatic carbocycles. The molecule has 0 radical (unpaired) electrons. The van der Waals surface area contributed by atoms with E-state index < -0.39 is 0 Å². The molecule has 0 fully saturated rings. The van der Waals surface area contributed by atoms with Gasteiger partial charge >= 0.3 is 0 Å². The summed E-state index contributed by atoms with van der Waals surface area (Å²) < 4.78 is 0. The lowest BCUT2D eigenvalue weighted by atomic mass is 9.90. The maximum atomic E-state index is 2.46. The van der Waals surface area contributed by atoms with E-state index in [1.54, 1.807) is 5.57 Å². The molecule has 21 heavy (non-hydrogen) atoms. The minimum atomic E-state index is 1.15. The molecule has 0 N–H and O–H groups in total. The van der Waals surface area contributed by atoms with Crippen molar-refractivity contribution in [2.75, 3.05) is 0 Å². The number of allylic oxidation sites excluding steroid dienone is 1. The maximum absolute atomic E-state index is 2.46. The summed E-state index contributed by atoms with van der Waals surface area (Å²) in [6.07, 6.45) is 8.43. The van der Waals surface area contributed by atoms with Gasteiger partial charge in [0.15, 0.2) is 0 Å². The van der Waals surface area contributed by atoms with Crippen LogP contribution in [0.5, 0.6) is 0 Å². The predicted molar refractivity (Wildman–Crippen MR) is 92.5 cm³/mol. The Morgan fingerprint density at radius 2 is 1.62 bits per heavy atom. The number of hydrogen-bond donors (Lipinski definition) is 0. The van der Waals surface area contributed by atoms with Crippen LogP contribution in [0.25, 0.3) is 17.2 Å². The van der Waals surface area contributed by atoms with Crippen LogP contribution in [0.3, 0.4) is 0 Å². The first-order valence-corrected chi connectivity index (χ1v) is 8.23. The summed E-state index contributed by atoms with van der Waals surface area (Å²) in [6, 6.07) is 15.6. The van der Waals surface area contributed by atoms with Crippen molar-refractivity contribution in [3.8, 4) is 11.1 Å². The van der Waals surface area contributed by atoms with Crippen LogP contribution in [-0.2, 0) is 12.8 Å². The molecule has 0 atom stereocenters. The molecule has 0 aromatic heterocycles. The van der Waals surface area contributed by atoms with E-state index in [1.807, 2.05) is 0 Å². The van der Waals surface area contributed by atoms with Gasteiger partial charge in [-0.05, 0) is 47.1 Å². The zero-order valence-electron chi connectivity index (χ0n) is 13.2. The monoisotopic (exact) mass is 276 g/mol. The van der Waals surface area contributed by atoms with Crippen molar-refractivity contribution in [2.45, 2.75) is 46.0 Å². The molecule has 0 bridgehead atoms. The van der Waals surface area contributed by atoms with Crippen LogP contribution in [0.15, 0.2) is 48.0 Å². The Balaban J connectivity index is 2.14. The summed E-state index contributed by atoms with van der Waals surface area (Å²) in [5, 5.41) is 0. The molecule has 2 aromatic rings. The average molecular weight is 276 g/mol. The molecular formula is C21H24. The van der Waals surface area contributed by atoms with Gasteiger partial charge in [0.1, 0.15) is 0 Å². The molecule has 0 nitrogen and oxygen atoms in total. The normalized spacial score (nSPS) is 13.1. The van der Waals surface area contributed by atoms with E-state index in [2.05, 4.69) is 62.4 Å². The molecule has 108 valence electrons. The molecule has 0 saturated heterocycles. The van der Waals surface area contributed by atoms with Crippen molar-refractivity contribution >= 4 is 6.08 Å². The van der Waals surface area contributed by atoms with E-state index in [1.165, 1.54) is 47.1 Å². The summed E-state index contributed by atoms with van der Waals surface area (Å²) in [7, 11) is 0. The van der Waals surface area contributed by atoms with E-state index in [-0.39, 0.29) is 0 Å². The molecule has 0 aliphatic heterocycles. The van der Waals surface area contributed by atoms with Crippen LogP contribution in [-0.4, -0.2) is 0 Å². The van der Waals surface area contributed by atoms with Crippen molar-refractivity contribution in [3.63, 3.8) is 0 Å². The second-order valence-electron chi connectivity index (χ2n) is 6.02. The Labute approximate surface area is 128 Å². The molecule has 0 spiro atoms. The van der Waals surface area contributed by atoms with Gasteiger partial charge in [-0.1, -0.05) is 80.8 Å². The Bertz CT molecular complexity index is 647. The Kier molecular flexibility index (Phi) is 4.24. The van der Waals surface area contributed by atoms with E-state index in [0.29, 0.717) is 0 Å². The lowest BCUT2D eigenvalue weighted by Crippen LogP contribution is -1.95. The molecule has 0 unspecified atom stereocenters. The van der Waals surface area contributed by atoms with Gasteiger partial charge in [0.2, 0.25) is 0 Å². The fourth-order valence-electron chi connectivity index (χ4n) is 3.43. The highest BCUT2D eigenvalue weighted by Gasteiger charge is 2.18. The van der Waals surface area contributed by atoms with Gasteiger partial charge in [-0.25, -0.2) is 0 Å². The highest BCUT2D eigenvalue weighted by Crippen LogP contribution is 2.38. The van der Waals surface area contributed by atoms with Crippen LogP contribution >= 0.6 is 0 Å². The molecule has 3 rings (SSSR count). The third-order valence-corrected chi connectivity index (χ3v) is 4.34. The first-order chi connectivity index (χ1) is 10.3. The SMILES string of the molecule is CCCC1=Cc2c(ccc(CCC)c2-c2ccccc2)C1. The maximum Gasteiger partial charge on any atom is -0.00576 e. The number of benzene rings is 2. The summed E-state index contributed by atoms with van der Waals surface area (Å²) in [6.45, 7) is 4.53. The van der Waals surface area contributed by atoms with Crippen LogP contribution in [0.1, 0.15) is 49.8 Å². The highest BCUT2D eigenvalue weighted by molar-refractivity contribution is 5.83. The summed E-state index contributed by atoms with van der Waals surface area (Å²) in [4.78, 5) is 0. The van der Waals surface area contributed by atoms with E-state index in [0.717, 1.165) is 12.8 Å². The first kappa shape index (κ1) is 14.1. The van der Waals surface area contributed by atoms with Crippen LogP contribution < -0.4 is 0 Å². The lowest BCUT2D eigenvalue weighted by Gasteiger charge is -2.14. The largest absolute Gasteiger partial charge is 0.0652 e. The van der Waals surface area contributed by atoms with Gasteiger partial charge in [0.05, 0.1) is 0 Å². The zero-order chi connectivity index (χ0) is 14.7. The molecular weight excluding hydrogens is 252 g/mol. The van der Waals surface area contributed by atoms with Crippen molar-refractivity contribution in [3.05, 3.63) is 64.7 Å². The van der Waals surface area contributed by atoms with Crippen molar-refractivity contribution < 1.29 is 0 Å². The lowest BCUT2D eigenvalue weighted by molar-refractivity contribution is 0.885. The third-order valence-electron chi connectivity index (χ3n) is 4.34. The summed E-state index contributed by atoms with van der Waals surface area (Å²) in [5.41, 5.74) is 8.93. The smallest absolute Gasteiger partial charge is 0.00576 e. The number of fused-ring (bicyclic) bond motifs is 1. The quantitative estimate of drug-likeness (QED) is 0.624. The number of aryl methyl sites for hydroxylation is 1. The second-order valence-corrected chi connectivity index (χ2v) is 6.02. The van der Waals surface area contributed by atoms with Crippen molar-refractivity contribution in [1.29, 1.82) is 0 Å². The summed E-state index contributed by atoms with van der Waals surface area (Å²) in [5.74, 6) is 0. The number of rotatable bonds is 5. The van der Waals surface area contributed by atoms with Gasteiger partial charge in [-0.2, -0.15) is 0 Å². The van der Waals surface area contributed by atoms with Gasteiger partial charge in [0.25, 0.3) is 0 Å². The molecule has 0 heteroatoms. The Morgan fingerprint density at radius 3 is 2.33 bits per heavy atom. The fourth-order valence-corrected chi connectivity index (χ4v) is 3.43. The van der Waals surface area contributed by atoms with Crippen LogP contribution in [0, 0.1) is 0 Å². The van der Waals surface area contributed by atoms with Gasteiger partial charge in [0, 0.05) is 0 Å². The Morgan fingerprint density at radius 1 is 0.857 bits per heavy atom. The van der Waals surface area contributed by atoms with Gasteiger partial charge in [-0.15, -0.1) is 0 Å². The average Bonchev–Trinajstić information content (AvgIpc) is 2.91. The van der Waals surface area contributed by atoms with Crippen molar-refractivity contribution in [1.82, 2.24) is 0 Å². The Hall–Kier alpha value is -1.82. The second kappa shape index (κ2) is 6.30. The van der Waals surface area contributed by atoms with E-state index in [4.69, 9.17) is 0 Å². The molecule has 0 saturated carbocycles. The first-order valence-electron chi connectivity index (χ1n) is 8.23. The van der Waals surface area contributed by atoms with Crippen LogP contribution in [0.4, 0.5) is 0 Å². The molecule has 2 aromatic carbocycles.